The summed E-state index contributed by atoms with van der Waals surface area (Å²) < 4.78 is 0. The van der Waals surface area contributed by atoms with Gasteiger partial charge in [0, 0.05) is 23.5 Å². The number of hydrogen-bond donors (Lipinski definition) is 2. The first-order chi connectivity index (χ1) is 7.16. The number of aromatic hydroxyl groups is 1. The summed E-state index contributed by atoms with van der Waals surface area (Å²) in [6.07, 6.45) is 1.72. The number of aromatic nitrogens is 1. The van der Waals surface area contributed by atoms with E-state index in [0.29, 0.717) is 11.3 Å². The Morgan fingerprint density at radius 1 is 1.19 bits per heavy atom. The smallest absolute Gasteiger partial charge is 0.127 e. The van der Waals surface area contributed by atoms with Crippen LogP contribution >= 0.6 is 12.4 Å². The molecule has 2 rings (SSSR count). The molecule has 0 saturated heterocycles. The van der Waals surface area contributed by atoms with Crippen molar-refractivity contribution in [2.75, 3.05) is 5.73 Å². The summed E-state index contributed by atoms with van der Waals surface area (Å²) in [4.78, 5) is 4.20. The van der Waals surface area contributed by atoms with E-state index < -0.39 is 0 Å². The lowest BCUT2D eigenvalue weighted by Crippen LogP contribution is -1.88. The van der Waals surface area contributed by atoms with Crippen LogP contribution in [0, 0.1) is 6.92 Å². The van der Waals surface area contributed by atoms with Crippen LogP contribution in [0.1, 0.15) is 5.56 Å². The largest absolute Gasteiger partial charge is 0.507 e. The Kier molecular flexibility index (Phi) is 3.74. The number of nitrogens with zero attached hydrogens (tertiary/aromatic N) is 1. The topological polar surface area (TPSA) is 59.1 Å². The van der Waals surface area contributed by atoms with Crippen molar-refractivity contribution in [3.05, 3.63) is 42.1 Å². The minimum Gasteiger partial charge on any atom is -0.507 e. The van der Waals surface area contributed by atoms with E-state index in [1.165, 1.54) is 6.07 Å². The number of pyridine rings is 1. The fourth-order valence-electron chi connectivity index (χ4n) is 1.45. The molecule has 0 radical (unpaired) electrons. The van der Waals surface area contributed by atoms with Crippen LogP contribution in [0.25, 0.3) is 11.3 Å². The fraction of sp³-hybridized carbons (Fsp3) is 0.0833. The Morgan fingerprint density at radius 3 is 2.56 bits per heavy atom. The average molecular weight is 237 g/mol. The van der Waals surface area contributed by atoms with Gasteiger partial charge in [-0.25, -0.2) is 0 Å². The molecule has 1 heterocycles. The third-order valence-corrected chi connectivity index (χ3v) is 2.21. The van der Waals surface area contributed by atoms with Crippen molar-refractivity contribution in [3.8, 4) is 17.0 Å². The molecule has 4 heteroatoms. The zero-order valence-corrected chi connectivity index (χ0v) is 9.66. The van der Waals surface area contributed by atoms with Gasteiger partial charge in [-0.15, -0.1) is 12.4 Å². The molecule has 0 bridgehead atoms. The minimum absolute atomic E-state index is 0. The summed E-state index contributed by atoms with van der Waals surface area (Å²) in [5, 5.41) is 9.72. The van der Waals surface area contributed by atoms with E-state index in [0.717, 1.165) is 11.3 Å². The van der Waals surface area contributed by atoms with Gasteiger partial charge in [0.15, 0.2) is 0 Å². The van der Waals surface area contributed by atoms with E-state index >= 15 is 0 Å². The Labute approximate surface area is 100 Å². The predicted octanol–water partition coefficient (Wildman–Crippen LogP) is 2.77. The van der Waals surface area contributed by atoms with E-state index in [2.05, 4.69) is 4.98 Å². The summed E-state index contributed by atoms with van der Waals surface area (Å²) >= 11 is 0. The molecule has 0 spiro atoms. The molecular weight excluding hydrogens is 224 g/mol. The van der Waals surface area contributed by atoms with Crippen LogP contribution in [-0.2, 0) is 0 Å². The van der Waals surface area contributed by atoms with Gasteiger partial charge in [0.2, 0.25) is 0 Å². The molecule has 0 saturated carbocycles. The molecule has 3 N–H and O–H groups in total. The molecule has 0 aliphatic heterocycles. The number of anilines is 1. The van der Waals surface area contributed by atoms with Crippen LogP contribution in [-0.4, -0.2) is 10.1 Å². The second kappa shape index (κ2) is 4.86. The minimum atomic E-state index is 0. The SMILES string of the molecule is Cc1ccnc(-c2ccc(N)cc2O)c1.Cl. The molecule has 0 fully saturated rings. The van der Waals surface area contributed by atoms with Crippen LogP contribution < -0.4 is 5.73 Å². The molecule has 16 heavy (non-hydrogen) atoms. The summed E-state index contributed by atoms with van der Waals surface area (Å²) in [6.45, 7) is 1.99. The van der Waals surface area contributed by atoms with Crippen molar-refractivity contribution in [2.45, 2.75) is 6.92 Å². The lowest BCUT2D eigenvalue weighted by Gasteiger charge is -2.05. The van der Waals surface area contributed by atoms with Crippen molar-refractivity contribution in [1.29, 1.82) is 0 Å². The molecule has 0 aliphatic rings. The number of rotatable bonds is 1. The molecule has 3 nitrogen and oxygen atoms in total. The average Bonchev–Trinajstić information content (AvgIpc) is 2.17. The van der Waals surface area contributed by atoms with Gasteiger partial charge in [0.05, 0.1) is 5.69 Å². The Morgan fingerprint density at radius 2 is 1.94 bits per heavy atom. The maximum atomic E-state index is 9.72. The lowest BCUT2D eigenvalue weighted by atomic mass is 10.1. The second-order valence-electron chi connectivity index (χ2n) is 3.50. The normalized spacial score (nSPS) is 9.56. The third kappa shape index (κ3) is 2.44. The zero-order valence-electron chi connectivity index (χ0n) is 8.84. The first kappa shape index (κ1) is 12.3. The highest BCUT2D eigenvalue weighted by Gasteiger charge is 2.05. The van der Waals surface area contributed by atoms with E-state index in [9.17, 15) is 5.11 Å². The van der Waals surface area contributed by atoms with Crippen molar-refractivity contribution in [2.24, 2.45) is 0 Å². The van der Waals surface area contributed by atoms with Crippen LogP contribution in [0.5, 0.6) is 5.75 Å². The van der Waals surface area contributed by atoms with Crippen LogP contribution in [0.4, 0.5) is 5.69 Å². The van der Waals surface area contributed by atoms with Gasteiger partial charge in [-0.3, -0.25) is 4.98 Å². The molecule has 0 atom stereocenters. The Hall–Kier alpha value is -1.74. The molecule has 2 aromatic rings. The summed E-state index contributed by atoms with van der Waals surface area (Å²) in [7, 11) is 0. The van der Waals surface area contributed by atoms with Gasteiger partial charge in [-0.05, 0) is 36.8 Å². The summed E-state index contributed by atoms with van der Waals surface area (Å²) in [5.74, 6) is 0.160. The zero-order chi connectivity index (χ0) is 10.8. The molecule has 0 unspecified atom stereocenters. The summed E-state index contributed by atoms with van der Waals surface area (Å²) in [5.41, 5.74) is 8.67. The highest BCUT2D eigenvalue weighted by Crippen LogP contribution is 2.29. The first-order valence-corrected chi connectivity index (χ1v) is 4.68. The second-order valence-corrected chi connectivity index (χ2v) is 3.50. The number of phenolic OH excluding ortho intramolecular Hbond substituents is 1. The molecular formula is C12H13ClN2O. The fourth-order valence-corrected chi connectivity index (χ4v) is 1.45. The number of phenols is 1. The highest BCUT2D eigenvalue weighted by atomic mass is 35.5. The quantitative estimate of drug-likeness (QED) is 0.749. The highest BCUT2D eigenvalue weighted by molar-refractivity contribution is 5.85. The number of halogens is 1. The van der Waals surface area contributed by atoms with Gasteiger partial charge >= 0.3 is 0 Å². The molecule has 84 valence electrons. The lowest BCUT2D eigenvalue weighted by molar-refractivity contribution is 0.477. The van der Waals surface area contributed by atoms with Crippen LogP contribution in [0.3, 0.4) is 0 Å². The maximum absolute atomic E-state index is 9.72. The standard InChI is InChI=1S/C12H12N2O.ClH/c1-8-4-5-14-11(6-8)10-3-2-9(13)7-12(10)15;/h2-7,15H,13H2,1H3;1H. The number of hydrogen-bond acceptors (Lipinski definition) is 3. The van der Waals surface area contributed by atoms with Crippen molar-refractivity contribution in [1.82, 2.24) is 4.98 Å². The van der Waals surface area contributed by atoms with Gasteiger partial charge in [0.1, 0.15) is 5.75 Å². The molecule has 1 aromatic carbocycles. The van der Waals surface area contributed by atoms with E-state index in [4.69, 9.17) is 5.73 Å². The van der Waals surface area contributed by atoms with Crippen LogP contribution in [0.15, 0.2) is 36.5 Å². The van der Waals surface area contributed by atoms with Crippen molar-refractivity contribution in [3.63, 3.8) is 0 Å². The maximum Gasteiger partial charge on any atom is 0.127 e. The number of nitrogen functional groups attached to an aromatic ring is 1. The van der Waals surface area contributed by atoms with Crippen molar-refractivity contribution < 1.29 is 5.11 Å². The Bertz CT molecular complexity index is 500. The number of nitrogens with two attached hydrogens (primary N) is 1. The van der Waals surface area contributed by atoms with Gasteiger partial charge in [0.25, 0.3) is 0 Å². The predicted molar refractivity (Wildman–Crippen MR) is 67.7 cm³/mol. The molecule has 0 amide bonds. The number of aryl methyl sites for hydroxylation is 1. The monoisotopic (exact) mass is 236 g/mol. The Balaban J connectivity index is 0.00000128. The van der Waals surface area contributed by atoms with E-state index in [1.807, 2.05) is 19.1 Å². The first-order valence-electron chi connectivity index (χ1n) is 4.68. The van der Waals surface area contributed by atoms with Gasteiger partial charge in [-0.1, -0.05) is 0 Å². The van der Waals surface area contributed by atoms with Crippen molar-refractivity contribution >= 4 is 18.1 Å². The number of benzene rings is 1. The third-order valence-electron chi connectivity index (χ3n) is 2.21. The summed E-state index contributed by atoms with van der Waals surface area (Å²) in [6, 6.07) is 8.88. The van der Waals surface area contributed by atoms with Gasteiger partial charge in [-0.2, -0.15) is 0 Å². The van der Waals surface area contributed by atoms with E-state index in [1.54, 1.807) is 18.3 Å². The molecule has 1 aromatic heterocycles. The van der Waals surface area contributed by atoms with Gasteiger partial charge < -0.3 is 10.8 Å². The van der Waals surface area contributed by atoms with E-state index in [-0.39, 0.29) is 18.2 Å². The van der Waals surface area contributed by atoms with Crippen LogP contribution in [0.2, 0.25) is 0 Å². The molecule has 0 aliphatic carbocycles.